The van der Waals surface area contributed by atoms with Gasteiger partial charge in [-0.1, -0.05) is 49.2 Å². The van der Waals surface area contributed by atoms with Gasteiger partial charge < -0.3 is 10.6 Å². The average molecular weight is 481 g/mol. The van der Waals surface area contributed by atoms with E-state index in [1.54, 1.807) is 38.1 Å². The number of benzene rings is 2. The fourth-order valence-corrected chi connectivity index (χ4v) is 3.51. The Kier molecular flexibility index (Phi) is 7.48. The molecule has 0 saturated carbocycles. The molecule has 3 aromatic rings. The predicted octanol–water partition coefficient (Wildman–Crippen LogP) is 4.91. The van der Waals surface area contributed by atoms with Crippen LogP contribution in [0.5, 0.6) is 0 Å². The van der Waals surface area contributed by atoms with Gasteiger partial charge in [-0.3, -0.25) is 9.59 Å². The van der Waals surface area contributed by atoms with Gasteiger partial charge in [0.15, 0.2) is 0 Å². The van der Waals surface area contributed by atoms with Crippen molar-refractivity contribution in [3.8, 4) is 0 Å². The van der Waals surface area contributed by atoms with Crippen LogP contribution < -0.4 is 10.6 Å². The largest absolute Gasteiger partial charge is 0.340 e. The molecule has 6 nitrogen and oxygen atoms in total. The molecule has 0 saturated heterocycles. The number of anilines is 1. The lowest BCUT2D eigenvalue weighted by atomic mass is 10.0. The van der Waals surface area contributed by atoms with Gasteiger partial charge in [-0.25, -0.2) is 13.5 Å². The number of nitrogens with zero attached hydrogens (tertiary/aromatic N) is 2. The molecule has 1 aromatic heterocycles. The highest BCUT2D eigenvalue weighted by Crippen LogP contribution is 2.23. The maximum atomic E-state index is 13.9. The molecule has 0 bridgehead atoms. The first-order valence-corrected chi connectivity index (χ1v) is 10.4. The quantitative estimate of drug-likeness (QED) is 0.504. The topological polar surface area (TPSA) is 76.0 Å². The van der Waals surface area contributed by atoms with Gasteiger partial charge in [0, 0.05) is 16.1 Å². The van der Waals surface area contributed by atoms with Crippen LogP contribution in [0.3, 0.4) is 0 Å². The van der Waals surface area contributed by atoms with Gasteiger partial charge in [0.1, 0.15) is 29.1 Å². The summed E-state index contributed by atoms with van der Waals surface area (Å²) in [4.78, 5) is 25.4. The minimum absolute atomic E-state index is 0.262. The Bertz CT molecular complexity index is 1130. The molecule has 0 aliphatic carbocycles. The zero-order chi connectivity index (χ0) is 23.4. The van der Waals surface area contributed by atoms with Crippen molar-refractivity contribution in [2.24, 2.45) is 5.92 Å². The van der Waals surface area contributed by atoms with Crippen LogP contribution in [0.4, 0.5) is 14.6 Å². The summed E-state index contributed by atoms with van der Waals surface area (Å²) >= 11 is 12.1. The number of carbonyl (C=O) groups excluding carboxylic acids is 2. The summed E-state index contributed by atoms with van der Waals surface area (Å²) in [7, 11) is 0. The lowest BCUT2D eigenvalue weighted by Gasteiger charge is -2.22. The minimum atomic E-state index is -1.05. The molecule has 10 heteroatoms. The molecule has 1 atom stereocenters. The van der Waals surface area contributed by atoms with Crippen LogP contribution in [0.25, 0.3) is 0 Å². The minimum Gasteiger partial charge on any atom is -0.340 e. The first-order chi connectivity index (χ1) is 15.2. The van der Waals surface area contributed by atoms with Crippen molar-refractivity contribution < 1.29 is 18.4 Å². The van der Waals surface area contributed by atoms with Crippen molar-refractivity contribution in [1.82, 2.24) is 15.1 Å². The lowest BCUT2D eigenvalue weighted by Crippen LogP contribution is -2.47. The predicted molar refractivity (Wildman–Crippen MR) is 119 cm³/mol. The number of hydrogen-bond acceptors (Lipinski definition) is 3. The second kappa shape index (κ2) is 10.1. The van der Waals surface area contributed by atoms with E-state index in [2.05, 4.69) is 15.7 Å². The third kappa shape index (κ3) is 5.44. The van der Waals surface area contributed by atoms with E-state index in [9.17, 15) is 18.4 Å². The lowest BCUT2D eigenvalue weighted by molar-refractivity contribution is -0.118. The van der Waals surface area contributed by atoms with E-state index >= 15 is 0 Å². The van der Waals surface area contributed by atoms with Crippen LogP contribution in [-0.2, 0) is 11.3 Å². The first kappa shape index (κ1) is 23.7. The summed E-state index contributed by atoms with van der Waals surface area (Å²) in [6.45, 7) is 3.66. The van der Waals surface area contributed by atoms with Crippen LogP contribution >= 0.6 is 23.2 Å². The molecule has 0 spiro atoms. The Morgan fingerprint density at radius 3 is 2.41 bits per heavy atom. The maximum Gasteiger partial charge on any atom is 0.257 e. The summed E-state index contributed by atoms with van der Waals surface area (Å²) in [5.74, 6) is -3.61. The highest BCUT2D eigenvalue weighted by Gasteiger charge is 2.28. The number of rotatable bonds is 7. The van der Waals surface area contributed by atoms with E-state index in [0.29, 0.717) is 15.9 Å². The Balaban J connectivity index is 1.76. The van der Waals surface area contributed by atoms with Crippen LogP contribution in [0.1, 0.15) is 29.8 Å². The maximum absolute atomic E-state index is 13.9. The summed E-state index contributed by atoms with van der Waals surface area (Å²) in [6.07, 6.45) is 1.50. The van der Waals surface area contributed by atoms with Gasteiger partial charge in [0.2, 0.25) is 5.91 Å². The van der Waals surface area contributed by atoms with Gasteiger partial charge in [-0.05, 0) is 35.7 Å². The Morgan fingerprint density at radius 1 is 1.09 bits per heavy atom. The fraction of sp³-hybridized carbons (Fsp3) is 0.227. The SMILES string of the molecule is CC(C)[C@H](NC(=O)c1c(F)cccc1F)C(=O)Nc1ccnn1Cc1ccc(Cl)cc1Cl. The smallest absolute Gasteiger partial charge is 0.257 e. The van der Waals surface area contributed by atoms with E-state index < -0.39 is 35.1 Å². The van der Waals surface area contributed by atoms with Crippen LogP contribution in [-0.4, -0.2) is 27.6 Å². The number of halogens is 4. The fourth-order valence-electron chi connectivity index (χ4n) is 3.04. The van der Waals surface area contributed by atoms with E-state index in [0.717, 1.165) is 23.8 Å². The molecule has 2 amide bonds. The molecule has 2 aromatic carbocycles. The number of aromatic nitrogens is 2. The molecular formula is C22H20Cl2F2N4O2. The Labute approximate surface area is 193 Å². The van der Waals surface area contributed by atoms with Crippen LogP contribution in [0.15, 0.2) is 48.7 Å². The van der Waals surface area contributed by atoms with Gasteiger partial charge in [-0.15, -0.1) is 0 Å². The molecule has 0 unspecified atom stereocenters. The van der Waals surface area contributed by atoms with E-state index in [1.807, 2.05) is 0 Å². The van der Waals surface area contributed by atoms with Crippen molar-refractivity contribution in [1.29, 1.82) is 0 Å². The molecule has 0 radical (unpaired) electrons. The summed E-state index contributed by atoms with van der Waals surface area (Å²) in [5, 5.41) is 10.2. The van der Waals surface area contributed by atoms with Gasteiger partial charge >= 0.3 is 0 Å². The summed E-state index contributed by atoms with van der Waals surface area (Å²) in [5.41, 5.74) is -0.00706. The van der Waals surface area contributed by atoms with Crippen molar-refractivity contribution >= 4 is 40.8 Å². The summed E-state index contributed by atoms with van der Waals surface area (Å²) < 4.78 is 29.4. The number of hydrogen-bond donors (Lipinski definition) is 2. The second-order valence-electron chi connectivity index (χ2n) is 7.39. The van der Waals surface area contributed by atoms with E-state index in [1.165, 1.54) is 10.9 Å². The normalized spacial score (nSPS) is 12.0. The molecule has 3 rings (SSSR count). The number of nitrogens with one attached hydrogen (secondary N) is 2. The molecule has 168 valence electrons. The van der Waals surface area contributed by atoms with Crippen LogP contribution in [0.2, 0.25) is 10.0 Å². The monoisotopic (exact) mass is 480 g/mol. The Hall–Kier alpha value is -2.97. The molecule has 1 heterocycles. The molecular weight excluding hydrogens is 461 g/mol. The first-order valence-electron chi connectivity index (χ1n) is 9.69. The van der Waals surface area contributed by atoms with Crippen molar-refractivity contribution in [2.75, 3.05) is 5.32 Å². The highest BCUT2D eigenvalue weighted by molar-refractivity contribution is 6.35. The van der Waals surface area contributed by atoms with Crippen LogP contribution in [0, 0.1) is 17.6 Å². The van der Waals surface area contributed by atoms with Crippen molar-refractivity contribution in [2.45, 2.75) is 26.4 Å². The van der Waals surface area contributed by atoms with Gasteiger partial charge in [-0.2, -0.15) is 5.10 Å². The Morgan fingerprint density at radius 2 is 1.78 bits per heavy atom. The third-order valence-electron chi connectivity index (χ3n) is 4.73. The van der Waals surface area contributed by atoms with Gasteiger partial charge in [0.25, 0.3) is 5.91 Å². The zero-order valence-corrected chi connectivity index (χ0v) is 18.7. The standard InChI is InChI=1S/C22H20Cl2F2N4O2/c1-12(2)20(29-21(31)19-16(25)4-3-5-17(19)26)22(32)28-18-8-9-27-30(18)11-13-6-7-14(23)10-15(13)24/h3-10,12,20H,11H2,1-2H3,(H,28,32)(H,29,31)/t20-/m0/s1. The van der Waals surface area contributed by atoms with Gasteiger partial charge in [0.05, 0.1) is 12.7 Å². The molecule has 32 heavy (non-hydrogen) atoms. The highest BCUT2D eigenvalue weighted by atomic mass is 35.5. The average Bonchev–Trinajstić information content (AvgIpc) is 3.14. The van der Waals surface area contributed by atoms with E-state index in [4.69, 9.17) is 23.2 Å². The molecule has 2 N–H and O–H groups in total. The van der Waals surface area contributed by atoms with Crippen molar-refractivity contribution in [3.63, 3.8) is 0 Å². The third-order valence-corrected chi connectivity index (χ3v) is 5.32. The zero-order valence-electron chi connectivity index (χ0n) is 17.2. The number of amides is 2. The van der Waals surface area contributed by atoms with Crippen molar-refractivity contribution in [3.05, 3.63) is 81.5 Å². The molecule has 0 aliphatic heterocycles. The molecule has 0 aliphatic rings. The van der Waals surface area contributed by atoms with E-state index in [-0.39, 0.29) is 12.5 Å². The second-order valence-corrected chi connectivity index (χ2v) is 8.23. The number of carbonyl (C=O) groups is 2. The summed E-state index contributed by atoms with van der Waals surface area (Å²) in [6, 6.07) is 8.68. The molecule has 0 fully saturated rings.